The monoisotopic (exact) mass is 434 g/mol. The Bertz CT molecular complexity index is 1180. The molecular formula is C25H23ClN2OS. The van der Waals surface area contributed by atoms with Crippen LogP contribution in [0.3, 0.4) is 0 Å². The maximum absolute atomic E-state index is 12.5. The van der Waals surface area contributed by atoms with Crippen LogP contribution in [0, 0.1) is 13.8 Å². The Morgan fingerprint density at radius 2 is 1.70 bits per heavy atom. The highest BCUT2D eigenvalue weighted by Gasteiger charge is 2.11. The Morgan fingerprint density at radius 3 is 2.43 bits per heavy atom. The summed E-state index contributed by atoms with van der Waals surface area (Å²) in [6, 6.07) is 22.3. The molecule has 30 heavy (non-hydrogen) atoms. The molecule has 0 aliphatic heterocycles. The molecule has 0 radical (unpaired) electrons. The molecular weight excluding hydrogens is 412 g/mol. The molecule has 3 nitrogen and oxygen atoms in total. The van der Waals surface area contributed by atoms with Gasteiger partial charge >= 0.3 is 0 Å². The molecule has 1 amide bonds. The van der Waals surface area contributed by atoms with E-state index in [1.165, 1.54) is 5.56 Å². The summed E-state index contributed by atoms with van der Waals surface area (Å²) in [6.45, 7) is 4.83. The van der Waals surface area contributed by atoms with Crippen molar-refractivity contribution in [1.29, 1.82) is 0 Å². The molecule has 1 heterocycles. The first kappa shape index (κ1) is 20.6. The second-order valence-corrected chi connectivity index (χ2v) is 8.93. The van der Waals surface area contributed by atoms with Crippen LogP contribution in [0.25, 0.3) is 10.9 Å². The number of carbonyl (C=O) groups is 1. The van der Waals surface area contributed by atoms with Gasteiger partial charge in [0.15, 0.2) is 0 Å². The number of anilines is 1. The average molecular weight is 435 g/mol. The van der Waals surface area contributed by atoms with Crippen molar-refractivity contribution in [3.8, 4) is 0 Å². The predicted octanol–water partition coefficient (Wildman–Crippen LogP) is 6.69. The van der Waals surface area contributed by atoms with Crippen molar-refractivity contribution >= 4 is 45.9 Å². The van der Waals surface area contributed by atoms with Crippen LogP contribution in [0.15, 0.2) is 77.8 Å². The molecule has 0 spiro atoms. The van der Waals surface area contributed by atoms with Crippen LogP contribution >= 0.6 is 23.4 Å². The maximum atomic E-state index is 12.5. The van der Waals surface area contributed by atoms with Crippen molar-refractivity contribution in [2.75, 3.05) is 11.1 Å². The minimum absolute atomic E-state index is 0.000433. The summed E-state index contributed by atoms with van der Waals surface area (Å²) >= 11 is 7.58. The Labute approximate surface area is 186 Å². The molecule has 0 aliphatic rings. The number of para-hydroxylation sites is 1. The second kappa shape index (κ2) is 8.99. The number of carbonyl (C=O) groups excluding carboxylic acids is 1. The van der Waals surface area contributed by atoms with Gasteiger partial charge in [-0.15, -0.1) is 11.8 Å². The quantitative estimate of drug-likeness (QED) is 0.343. The third-order valence-corrected chi connectivity index (χ3v) is 6.18. The fourth-order valence-electron chi connectivity index (χ4n) is 3.63. The molecule has 0 atom stereocenters. The molecule has 4 aromatic rings. The highest BCUT2D eigenvalue weighted by atomic mass is 35.5. The van der Waals surface area contributed by atoms with Crippen molar-refractivity contribution in [3.63, 3.8) is 0 Å². The number of aromatic nitrogens is 1. The lowest BCUT2D eigenvalue weighted by Gasteiger charge is -2.07. The van der Waals surface area contributed by atoms with Gasteiger partial charge in [-0.25, -0.2) is 0 Å². The SMILES string of the molecule is Cc1cc(C)cc(NC(=O)CSc2cn(Cc3ccc(Cl)cc3)c3ccccc23)c1. The van der Waals surface area contributed by atoms with E-state index in [9.17, 15) is 4.79 Å². The largest absolute Gasteiger partial charge is 0.342 e. The summed E-state index contributed by atoms with van der Waals surface area (Å²) in [4.78, 5) is 13.6. The van der Waals surface area contributed by atoms with E-state index in [4.69, 9.17) is 11.6 Å². The lowest BCUT2D eigenvalue weighted by Crippen LogP contribution is -2.14. The smallest absolute Gasteiger partial charge is 0.234 e. The second-order valence-electron chi connectivity index (χ2n) is 7.48. The van der Waals surface area contributed by atoms with Crippen LogP contribution in [-0.2, 0) is 11.3 Å². The number of hydrogen-bond acceptors (Lipinski definition) is 2. The summed E-state index contributed by atoms with van der Waals surface area (Å²) < 4.78 is 2.22. The molecule has 0 bridgehead atoms. The van der Waals surface area contributed by atoms with Gasteiger partial charge in [-0.1, -0.05) is 48.0 Å². The number of fused-ring (bicyclic) bond motifs is 1. The zero-order chi connectivity index (χ0) is 21.1. The van der Waals surface area contributed by atoms with Crippen LogP contribution in [0.2, 0.25) is 5.02 Å². The Hall–Kier alpha value is -2.69. The van der Waals surface area contributed by atoms with Crippen LogP contribution in [0.4, 0.5) is 5.69 Å². The van der Waals surface area contributed by atoms with E-state index in [1.807, 2.05) is 62.4 Å². The number of benzene rings is 3. The van der Waals surface area contributed by atoms with Gasteiger partial charge in [-0.2, -0.15) is 0 Å². The van der Waals surface area contributed by atoms with Crippen LogP contribution in [0.1, 0.15) is 16.7 Å². The molecule has 0 saturated heterocycles. The fraction of sp³-hybridized carbons (Fsp3) is 0.160. The van der Waals surface area contributed by atoms with E-state index in [-0.39, 0.29) is 5.91 Å². The number of rotatable bonds is 6. The summed E-state index contributed by atoms with van der Waals surface area (Å²) in [5.41, 5.74) is 5.48. The molecule has 0 fully saturated rings. The number of aryl methyl sites for hydroxylation is 2. The highest BCUT2D eigenvalue weighted by Crippen LogP contribution is 2.31. The molecule has 1 N–H and O–H groups in total. The van der Waals surface area contributed by atoms with Gasteiger partial charge in [0.2, 0.25) is 5.91 Å². The molecule has 3 aromatic carbocycles. The van der Waals surface area contributed by atoms with E-state index >= 15 is 0 Å². The van der Waals surface area contributed by atoms with Crippen molar-refractivity contribution < 1.29 is 4.79 Å². The summed E-state index contributed by atoms with van der Waals surface area (Å²) in [6.07, 6.45) is 2.13. The molecule has 152 valence electrons. The van der Waals surface area contributed by atoms with Gasteiger partial charge in [0.25, 0.3) is 0 Å². The third-order valence-electron chi connectivity index (χ3n) is 4.88. The van der Waals surface area contributed by atoms with Crippen LogP contribution in [0.5, 0.6) is 0 Å². The zero-order valence-corrected chi connectivity index (χ0v) is 18.6. The summed E-state index contributed by atoms with van der Waals surface area (Å²) in [7, 11) is 0. The van der Waals surface area contributed by atoms with Gasteiger partial charge in [0.1, 0.15) is 0 Å². The Balaban J connectivity index is 1.50. The summed E-state index contributed by atoms with van der Waals surface area (Å²) in [5, 5.41) is 4.92. The number of nitrogens with one attached hydrogen (secondary N) is 1. The Morgan fingerprint density at radius 1 is 1.00 bits per heavy atom. The molecule has 5 heteroatoms. The summed E-state index contributed by atoms with van der Waals surface area (Å²) in [5.74, 6) is 0.363. The normalized spacial score (nSPS) is 11.0. The lowest BCUT2D eigenvalue weighted by molar-refractivity contribution is -0.113. The number of halogens is 1. The minimum atomic E-state index is -0.000433. The number of nitrogens with zero attached hydrogens (tertiary/aromatic N) is 1. The van der Waals surface area contributed by atoms with Gasteiger partial charge in [0.05, 0.1) is 5.75 Å². The first-order valence-electron chi connectivity index (χ1n) is 9.81. The van der Waals surface area contributed by atoms with Gasteiger partial charge in [0, 0.05) is 39.3 Å². The Kier molecular flexibility index (Phi) is 6.16. The maximum Gasteiger partial charge on any atom is 0.234 e. The van der Waals surface area contributed by atoms with Crippen molar-refractivity contribution in [3.05, 3.63) is 94.6 Å². The zero-order valence-electron chi connectivity index (χ0n) is 17.0. The lowest BCUT2D eigenvalue weighted by atomic mass is 10.1. The van der Waals surface area contributed by atoms with Crippen molar-refractivity contribution in [1.82, 2.24) is 4.57 Å². The number of hydrogen-bond donors (Lipinski definition) is 1. The number of amides is 1. The van der Waals surface area contributed by atoms with E-state index in [1.54, 1.807) is 11.8 Å². The molecule has 1 aromatic heterocycles. The van der Waals surface area contributed by atoms with Gasteiger partial charge < -0.3 is 9.88 Å². The van der Waals surface area contributed by atoms with E-state index in [0.717, 1.165) is 44.2 Å². The van der Waals surface area contributed by atoms with Crippen molar-refractivity contribution in [2.24, 2.45) is 0 Å². The molecule has 4 rings (SSSR count). The average Bonchev–Trinajstić information content (AvgIpc) is 3.05. The van der Waals surface area contributed by atoms with E-state index < -0.39 is 0 Å². The van der Waals surface area contributed by atoms with E-state index in [2.05, 4.69) is 34.3 Å². The predicted molar refractivity (Wildman–Crippen MR) is 128 cm³/mol. The molecule has 0 aliphatic carbocycles. The van der Waals surface area contributed by atoms with Crippen LogP contribution in [-0.4, -0.2) is 16.2 Å². The number of thioether (sulfide) groups is 1. The topological polar surface area (TPSA) is 34.0 Å². The van der Waals surface area contributed by atoms with Crippen molar-refractivity contribution in [2.45, 2.75) is 25.3 Å². The van der Waals surface area contributed by atoms with Crippen LogP contribution < -0.4 is 5.32 Å². The standard InChI is InChI=1S/C25H23ClN2OS/c1-17-11-18(2)13-21(12-17)27-25(29)16-30-24-15-28(23-6-4-3-5-22(23)24)14-19-7-9-20(26)10-8-19/h3-13,15H,14,16H2,1-2H3,(H,27,29). The molecule has 0 saturated carbocycles. The third kappa shape index (κ3) is 4.89. The fourth-order valence-corrected chi connectivity index (χ4v) is 4.65. The minimum Gasteiger partial charge on any atom is -0.342 e. The first-order chi connectivity index (χ1) is 14.5. The molecule has 0 unspecified atom stereocenters. The van der Waals surface area contributed by atoms with Gasteiger partial charge in [-0.05, 0) is 60.9 Å². The first-order valence-corrected chi connectivity index (χ1v) is 11.2. The van der Waals surface area contributed by atoms with Gasteiger partial charge in [-0.3, -0.25) is 4.79 Å². The van der Waals surface area contributed by atoms with E-state index in [0.29, 0.717) is 5.75 Å². The highest BCUT2D eigenvalue weighted by molar-refractivity contribution is 8.00.